The predicted molar refractivity (Wildman–Crippen MR) is 162 cm³/mol. The summed E-state index contributed by atoms with van der Waals surface area (Å²) >= 11 is 0. The molecule has 188 valence electrons. The van der Waals surface area contributed by atoms with Crippen LogP contribution >= 0.6 is 0 Å². The van der Waals surface area contributed by atoms with Crippen LogP contribution in [0.3, 0.4) is 0 Å². The van der Waals surface area contributed by atoms with Crippen molar-refractivity contribution in [3.8, 4) is 0 Å². The van der Waals surface area contributed by atoms with Crippen LogP contribution in [0.4, 0.5) is 0 Å². The van der Waals surface area contributed by atoms with Crippen molar-refractivity contribution in [2.75, 3.05) is 0 Å². The molecule has 4 rings (SSSR count). The van der Waals surface area contributed by atoms with Gasteiger partial charge in [-0.05, 0) is 70.8 Å². The second kappa shape index (κ2) is 10.4. The number of benzene rings is 3. The molecule has 1 aliphatic rings. The molecule has 1 aliphatic carbocycles. The minimum absolute atomic E-state index is 0.407. The van der Waals surface area contributed by atoms with Gasteiger partial charge in [0.25, 0.3) is 0 Å². The van der Waals surface area contributed by atoms with Crippen molar-refractivity contribution in [2.24, 2.45) is 0 Å². The van der Waals surface area contributed by atoms with E-state index in [1.807, 2.05) is 0 Å². The molecule has 1 unspecified atom stereocenters. The molecule has 0 spiro atoms. The first-order valence-electron chi connectivity index (χ1n) is 13.7. The van der Waals surface area contributed by atoms with E-state index in [1.54, 1.807) is 5.57 Å². The van der Waals surface area contributed by atoms with Crippen molar-refractivity contribution in [1.82, 2.24) is 0 Å². The van der Waals surface area contributed by atoms with Gasteiger partial charge in [0.2, 0.25) is 0 Å². The molecule has 0 saturated heterocycles. The molecular weight excluding hydrogens is 448 g/mol. The van der Waals surface area contributed by atoms with Gasteiger partial charge in [-0.2, -0.15) is 0 Å². The van der Waals surface area contributed by atoms with Crippen LogP contribution in [0.15, 0.2) is 95.6 Å². The van der Waals surface area contributed by atoms with E-state index in [4.69, 9.17) is 0 Å². The molecule has 1 atom stereocenters. The largest absolute Gasteiger partial charge is 0.159 e. The molecular formula is C35H44Si. The van der Waals surface area contributed by atoms with E-state index in [-0.39, 0.29) is 0 Å². The van der Waals surface area contributed by atoms with Gasteiger partial charge in [-0.1, -0.05) is 137 Å². The lowest BCUT2D eigenvalue weighted by atomic mass is 10.0. The minimum atomic E-state index is -2.52. The Balaban J connectivity index is 2.19. The quantitative estimate of drug-likeness (QED) is 0.230. The molecule has 0 aromatic heterocycles. The molecule has 0 nitrogen and oxygen atoms in total. The highest BCUT2D eigenvalue weighted by Crippen LogP contribution is 2.43. The number of rotatable bonds is 7. The van der Waals surface area contributed by atoms with Crippen molar-refractivity contribution in [3.05, 3.63) is 112 Å². The Morgan fingerprint density at radius 2 is 0.917 bits per heavy atom. The molecule has 0 radical (unpaired) electrons. The Morgan fingerprint density at radius 1 is 0.556 bits per heavy atom. The monoisotopic (exact) mass is 492 g/mol. The topological polar surface area (TPSA) is 0 Å². The van der Waals surface area contributed by atoms with Crippen LogP contribution in [-0.2, 0) is 0 Å². The average Bonchev–Trinajstić information content (AvgIpc) is 3.12. The van der Waals surface area contributed by atoms with Crippen molar-refractivity contribution in [1.29, 1.82) is 0 Å². The van der Waals surface area contributed by atoms with Gasteiger partial charge in [0.15, 0.2) is 8.07 Å². The van der Waals surface area contributed by atoms with Crippen LogP contribution < -0.4 is 15.6 Å². The van der Waals surface area contributed by atoms with Crippen LogP contribution in [0, 0.1) is 0 Å². The fourth-order valence-electron chi connectivity index (χ4n) is 6.20. The van der Waals surface area contributed by atoms with Crippen molar-refractivity contribution in [2.45, 2.75) is 85.6 Å². The molecule has 0 bridgehead atoms. The van der Waals surface area contributed by atoms with E-state index < -0.39 is 8.07 Å². The van der Waals surface area contributed by atoms with Crippen molar-refractivity contribution >= 4 is 23.6 Å². The molecule has 0 heterocycles. The van der Waals surface area contributed by atoms with E-state index in [2.05, 4.69) is 141 Å². The zero-order valence-corrected chi connectivity index (χ0v) is 24.8. The highest BCUT2D eigenvalue weighted by Gasteiger charge is 2.49. The summed E-state index contributed by atoms with van der Waals surface area (Å²) in [5.41, 5.74) is 9.20. The van der Waals surface area contributed by atoms with E-state index in [9.17, 15) is 0 Å². The number of hydrogen-bond acceptors (Lipinski definition) is 0. The summed E-state index contributed by atoms with van der Waals surface area (Å²) in [7, 11) is -2.52. The third kappa shape index (κ3) is 4.59. The van der Waals surface area contributed by atoms with Crippen LogP contribution in [0.2, 0.25) is 5.54 Å². The van der Waals surface area contributed by atoms with Gasteiger partial charge < -0.3 is 0 Å². The van der Waals surface area contributed by atoms with Crippen LogP contribution in [0.1, 0.15) is 96.8 Å². The lowest BCUT2D eigenvalue weighted by molar-refractivity contribution is 0.866. The Labute approximate surface area is 221 Å². The third-order valence-corrected chi connectivity index (χ3v) is 13.8. The van der Waals surface area contributed by atoms with E-state index in [0.29, 0.717) is 23.3 Å². The van der Waals surface area contributed by atoms with Gasteiger partial charge in [0.05, 0.1) is 0 Å². The number of allylic oxidation sites excluding steroid dienone is 4. The maximum absolute atomic E-state index is 2.55. The fraction of sp³-hybridized carbons (Fsp3) is 0.371. The van der Waals surface area contributed by atoms with Gasteiger partial charge in [0, 0.05) is 5.54 Å². The lowest BCUT2D eigenvalue weighted by Gasteiger charge is -2.42. The molecule has 3 aromatic rings. The van der Waals surface area contributed by atoms with E-state index in [1.165, 1.54) is 43.4 Å². The minimum Gasteiger partial charge on any atom is -0.0676 e. The molecule has 0 saturated carbocycles. The summed E-state index contributed by atoms with van der Waals surface area (Å²) in [6, 6.07) is 28.8. The summed E-state index contributed by atoms with van der Waals surface area (Å²) in [5, 5.41) is 4.59. The summed E-state index contributed by atoms with van der Waals surface area (Å²) in [6.45, 7) is 21.0. The lowest BCUT2D eigenvalue weighted by Crippen LogP contribution is -2.70. The van der Waals surface area contributed by atoms with Gasteiger partial charge >= 0.3 is 0 Å². The number of hydrogen-bond donors (Lipinski definition) is 0. The summed E-state index contributed by atoms with van der Waals surface area (Å²) in [6.07, 6.45) is 2.45. The van der Waals surface area contributed by atoms with Gasteiger partial charge in [-0.3, -0.25) is 0 Å². The fourth-order valence-corrected chi connectivity index (χ4v) is 12.1. The van der Waals surface area contributed by atoms with Crippen molar-refractivity contribution < 1.29 is 0 Å². The van der Waals surface area contributed by atoms with Crippen molar-refractivity contribution in [3.63, 3.8) is 0 Å². The standard InChI is InChI=1S/C35H44Si/c1-23(2)29-13-10-16-32(20-29)36(35-27(8)19-26(7)28(35)9,33-17-11-14-30(21-33)24(3)4)34-18-12-15-31(22-34)25(5)6/h10-25,35H,1-9H3. The second-order valence-corrected chi connectivity index (χ2v) is 15.8. The molecule has 3 aromatic carbocycles. The van der Waals surface area contributed by atoms with Crippen LogP contribution in [0.25, 0.3) is 0 Å². The van der Waals surface area contributed by atoms with Crippen LogP contribution in [-0.4, -0.2) is 8.07 Å². The second-order valence-electron chi connectivity index (χ2n) is 11.8. The summed E-state index contributed by atoms with van der Waals surface area (Å²) < 4.78 is 0. The zero-order valence-electron chi connectivity index (χ0n) is 23.8. The van der Waals surface area contributed by atoms with Gasteiger partial charge in [-0.15, -0.1) is 0 Å². The maximum Gasteiger partial charge on any atom is 0.159 e. The highest BCUT2D eigenvalue weighted by molar-refractivity contribution is 7.13. The first kappa shape index (κ1) is 26.4. The van der Waals surface area contributed by atoms with Crippen LogP contribution in [0.5, 0.6) is 0 Å². The molecule has 0 N–H and O–H groups in total. The van der Waals surface area contributed by atoms with Gasteiger partial charge in [0.1, 0.15) is 0 Å². The molecule has 0 aliphatic heterocycles. The summed E-state index contributed by atoms with van der Waals surface area (Å²) in [5.74, 6) is 1.50. The SMILES string of the molecule is CC1=CC(C)=C(C)C1[Si](c1cccc(C(C)C)c1)(c1cccc(C(C)C)c1)c1cccc(C(C)C)c1. The van der Waals surface area contributed by atoms with E-state index >= 15 is 0 Å². The summed E-state index contributed by atoms with van der Waals surface area (Å²) in [4.78, 5) is 0. The molecule has 1 heteroatoms. The Morgan fingerprint density at radius 3 is 1.19 bits per heavy atom. The average molecular weight is 493 g/mol. The highest BCUT2D eigenvalue weighted by atomic mass is 28.3. The van der Waals surface area contributed by atoms with E-state index in [0.717, 1.165) is 0 Å². The first-order valence-corrected chi connectivity index (χ1v) is 15.8. The first-order chi connectivity index (χ1) is 17.1. The third-order valence-electron chi connectivity index (χ3n) is 8.41. The molecule has 36 heavy (non-hydrogen) atoms. The van der Waals surface area contributed by atoms with Gasteiger partial charge in [-0.25, -0.2) is 0 Å². The zero-order chi connectivity index (χ0) is 26.2. The normalized spacial score (nSPS) is 16.4. The molecule has 0 amide bonds. The smallest absolute Gasteiger partial charge is 0.0676 e. The Bertz CT molecular complexity index is 1180. The molecule has 0 fully saturated rings. The predicted octanol–water partition coefficient (Wildman–Crippen LogP) is 8.19. The Hall–Kier alpha value is -2.64. The maximum atomic E-state index is 2.55. The Kier molecular flexibility index (Phi) is 7.62.